The van der Waals surface area contributed by atoms with Crippen LogP contribution in [0.5, 0.6) is 0 Å². The van der Waals surface area contributed by atoms with E-state index in [0.717, 1.165) is 11.1 Å². The third-order valence-corrected chi connectivity index (χ3v) is 5.40. The molecular formula is C17H20BClN6O2. The van der Waals surface area contributed by atoms with Crippen LogP contribution in [-0.4, -0.2) is 52.0 Å². The average molecular weight is 387 g/mol. The highest BCUT2D eigenvalue weighted by Crippen LogP contribution is 2.38. The summed E-state index contributed by atoms with van der Waals surface area (Å²) < 4.78 is 0. The molecule has 0 bridgehead atoms. The van der Waals surface area contributed by atoms with E-state index in [1.54, 1.807) is 28.9 Å². The van der Waals surface area contributed by atoms with Gasteiger partial charge in [-0.2, -0.15) is 4.98 Å². The molecule has 4 rings (SSSR count). The number of nitrogens with zero attached hydrogens (tertiary/aromatic N) is 5. The van der Waals surface area contributed by atoms with Gasteiger partial charge < -0.3 is 15.6 Å². The fourth-order valence-electron chi connectivity index (χ4n) is 3.61. The van der Waals surface area contributed by atoms with Gasteiger partial charge in [0, 0.05) is 24.8 Å². The Labute approximate surface area is 162 Å². The van der Waals surface area contributed by atoms with Gasteiger partial charge in [-0.3, -0.25) is 9.80 Å². The molecule has 1 aromatic carbocycles. The van der Waals surface area contributed by atoms with Crippen LogP contribution in [0.1, 0.15) is 11.1 Å². The van der Waals surface area contributed by atoms with Gasteiger partial charge in [0.25, 0.3) is 0 Å². The Morgan fingerprint density at radius 2 is 2.11 bits per heavy atom. The largest absolute Gasteiger partial charge is 0.437 e. The van der Waals surface area contributed by atoms with Gasteiger partial charge in [0.2, 0.25) is 5.95 Å². The summed E-state index contributed by atoms with van der Waals surface area (Å²) in [6, 6.07) is 5.25. The quantitative estimate of drug-likeness (QED) is 0.780. The first kappa shape index (κ1) is 18.0. The number of benzene rings is 1. The highest BCUT2D eigenvalue weighted by Gasteiger charge is 2.44. The van der Waals surface area contributed by atoms with Crippen molar-refractivity contribution in [3.63, 3.8) is 0 Å². The van der Waals surface area contributed by atoms with Gasteiger partial charge in [0.1, 0.15) is 5.82 Å². The van der Waals surface area contributed by atoms with Gasteiger partial charge in [-0.1, -0.05) is 23.7 Å². The molecule has 3 heterocycles. The topological polar surface area (TPSA) is 98.8 Å². The second-order valence-electron chi connectivity index (χ2n) is 6.96. The van der Waals surface area contributed by atoms with Crippen molar-refractivity contribution in [3.8, 4) is 0 Å². The van der Waals surface area contributed by atoms with Gasteiger partial charge in [-0.25, -0.2) is 9.78 Å². The molecular weight excluding hydrogens is 366 g/mol. The van der Waals surface area contributed by atoms with Gasteiger partial charge >= 0.3 is 13.1 Å². The summed E-state index contributed by atoms with van der Waals surface area (Å²) in [6.45, 7) is 5.07. The van der Waals surface area contributed by atoms with E-state index in [2.05, 4.69) is 9.97 Å². The van der Waals surface area contributed by atoms with E-state index < -0.39 is 7.05 Å². The van der Waals surface area contributed by atoms with Crippen molar-refractivity contribution in [1.29, 1.82) is 0 Å². The summed E-state index contributed by atoms with van der Waals surface area (Å²) in [5.41, 5.74) is 8.17. The molecule has 0 radical (unpaired) electrons. The smallest absolute Gasteiger partial charge is 0.376 e. The summed E-state index contributed by atoms with van der Waals surface area (Å²) in [7, 11) is -0.557. The lowest BCUT2D eigenvalue weighted by Crippen LogP contribution is -2.67. The second-order valence-corrected chi connectivity index (χ2v) is 7.37. The number of para-hydroxylation sites is 1. The van der Waals surface area contributed by atoms with Crippen molar-refractivity contribution in [3.05, 3.63) is 40.5 Å². The highest BCUT2D eigenvalue weighted by molar-refractivity contribution is 6.45. The molecule has 1 fully saturated rings. The number of rotatable bonds is 3. The number of nitrogens with two attached hydrogens (primary N) is 1. The number of hydrogen-bond donors (Lipinski definition) is 2. The summed E-state index contributed by atoms with van der Waals surface area (Å²) in [4.78, 5) is 27.0. The van der Waals surface area contributed by atoms with Crippen LogP contribution in [0.3, 0.4) is 0 Å². The number of fused-ring (bicyclic) bond motifs is 1. The molecule has 2 aromatic rings. The molecule has 140 valence electrons. The molecule has 1 saturated heterocycles. The average Bonchev–Trinajstić information content (AvgIpc) is 2.56. The van der Waals surface area contributed by atoms with Crippen LogP contribution in [0.15, 0.2) is 24.4 Å². The molecule has 2 aliphatic heterocycles. The Bertz CT molecular complexity index is 885. The van der Waals surface area contributed by atoms with E-state index in [0.29, 0.717) is 36.2 Å². The minimum Gasteiger partial charge on any atom is -0.437 e. The van der Waals surface area contributed by atoms with E-state index in [1.807, 2.05) is 23.9 Å². The van der Waals surface area contributed by atoms with Crippen LogP contribution in [0, 0.1) is 6.92 Å². The normalized spacial score (nSPS) is 17.7. The monoisotopic (exact) mass is 386 g/mol. The van der Waals surface area contributed by atoms with Crippen molar-refractivity contribution in [2.24, 2.45) is 0 Å². The van der Waals surface area contributed by atoms with Crippen LogP contribution in [0.2, 0.25) is 11.8 Å². The number of halogens is 1. The zero-order valence-corrected chi connectivity index (χ0v) is 15.9. The van der Waals surface area contributed by atoms with Crippen molar-refractivity contribution >= 4 is 42.1 Å². The van der Waals surface area contributed by atoms with E-state index in [1.165, 1.54) is 0 Å². The SMILES string of the molecule is CB(O)N1CC(N2C(=O)N(c3c(C)cccc3Cl)Cc3cnc(N)nc32)C1. The molecule has 2 amide bonds. The van der Waals surface area contributed by atoms with E-state index in [9.17, 15) is 9.82 Å². The zero-order valence-electron chi connectivity index (χ0n) is 15.1. The van der Waals surface area contributed by atoms with Crippen LogP contribution < -0.4 is 15.5 Å². The fraction of sp³-hybridized carbons (Fsp3) is 0.353. The molecule has 1 aromatic heterocycles. The minimum absolute atomic E-state index is 0.106. The number of carbonyl (C=O) groups is 1. The maximum Gasteiger partial charge on any atom is 0.376 e. The number of urea groups is 1. The van der Waals surface area contributed by atoms with E-state index in [-0.39, 0.29) is 18.0 Å². The highest BCUT2D eigenvalue weighted by atomic mass is 35.5. The first-order chi connectivity index (χ1) is 12.9. The van der Waals surface area contributed by atoms with E-state index in [4.69, 9.17) is 17.3 Å². The van der Waals surface area contributed by atoms with Crippen LogP contribution >= 0.6 is 11.6 Å². The lowest BCUT2D eigenvalue weighted by Gasteiger charge is -2.48. The zero-order chi connectivity index (χ0) is 19.3. The Morgan fingerprint density at radius 1 is 1.37 bits per heavy atom. The molecule has 0 unspecified atom stereocenters. The predicted octanol–water partition coefficient (Wildman–Crippen LogP) is 1.76. The van der Waals surface area contributed by atoms with Crippen LogP contribution in [0.25, 0.3) is 0 Å². The molecule has 0 saturated carbocycles. The second kappa shape index (κ2) is 6.67. The van der Waals surface area contributed by atoms with E-state index >= 15 is 0 Å². The summed E-state index contributed by atoms with van der Waals surface area (Å²) in [5, 5.41) is 10.3. The minimum atomic E-state index is -0.557. The number of carbonyl (C=O) groups excluding carboxylic acids is 1. The fourth-order valence-corrected chi connectivity index (χ4v) is 3.94. The number of nitrogen functional groups attached to an aromatic ring is 1. The van der Waals surface area contributed by atoms with Gasteiger partial charge in [0.15, 0.2) is 0 Å². The first-order valence-electron chi connectivity index (χ1n) is 8.76. The number of hydrogen-bond acceptors (Lipinski definition) is 6. The van der Waals surface area contributed by atoms with Gasteiger partial charge in [0.05, 0.1) is 23.3 Å². The number of amides is 2. The Kier molecular flexibility index (Phi) is 4.45. The summed E-state index contributed by atoms with van der Waals surface area (Å²) >= 11 is 6.42. The Morgan fingerprint density at radius 3 is 2.78 bits per heavy atom. The summed E-state index contributed by atoms with van der Waals surface area (Å²) in [5.74, 6) is 0.657. The van der Waals surface area contributed by atoms with Gasteiger partial charge in [-0.05, 0) is 25.4 Å². The molecule has 8 nitrogen and oxygen atoms in total. The molecule has 10 heteroatoms. The van der Waals surface area contributed by atoms with Crippen molar-refractivity contribution in [2.45, 2.75) is 26.3 Å². The summed E-state index contributed by atoms with van der Waals surface area (Å²) in [6.07, 6.45) is 1.65. The molecule has 0 spiro atoms. The third-order valence-electron chi connectivity index (χ3n) is 5.10. The van der Waals surface area contributed by atoms with Crippen molar-refractivity contribution in [2.75, 3.05) is 28.6 Å². The number of aromatic nitrogens is 2. The number of aryl methyl sites for hydroxylation is 1. The van der Waals surface area contributed by atoms with Crippen LogP contribution in [-0.2, 0) is 6.54 Å². The maximum absolute atomic E-state index is 13.4. The van der Waals surface area contributed by atoms with Crippen molar-refractivity contribution in [1.82, 2.24) is 14.8 Å². The lowest BCUT2D eigenvalue weighted by atomic mass is 9.80. The number of anilines is 3. The maximum atomic E-state index is 13.4. The Hall–Kier alpha value is -2.36. The molecule has 2 aliphatic rings. The first-order valence-corrected chi connectivity index (χ1v) is 9.14. The van der Waals surface area contributed by atoms with Gasteiger partial charge in [-0.15, -0.1) is 0 Å². The van der Waals surface area contributed by atoms with Crippen LogP contribution in [0.4, 0.5) is 22.2 Å². The van der Waals surface area contributed by atoms with Crippen molar-refractivity contribution < 1.29 is 9.82 Å². The predicted molar refractivity (Wildman–Crippen MR) is 106 cm³/mol. The molecule has 3 N–H and O–H groups in total. The molecule has 0 atom stereocenters. The third kappa shape index (κ3) is 3.01. The standard InChI is InChI=1S/C17H20BClN6O2/c1-10-4-3-5-13(19)14(10)24-7-11-6-21-16(20)22-15(11)25(17(24)26)12-8-23(9-12)18(2)27/h3-6,12,27H,7-9H2,1-2H3,(H2,20,21,22). The lowest BCUT2D eigenvalue weighted by molar-refractivity contribution is 0.210. The molecule has 0 aliphatic carbocycles. The Balaban J connectivity index is 1.76. The molecule has 27 heavy (non-hydrogen) atoms.